The Hall–Kier alpha value is -1.42. The molecule has 0 aromatic heterocycles. The van der Waals surface area contributed by atoms with Gasteiger partial charge in [-0.05, 0) is 61.7 Å². The predicted octanol–water partition coefficient (Wildman–Crippen LogP) is 6.34. The van der Waals surface area contributed by atoms with Crippen LogP contribution in [-0.2, 0) is 0 Å². The first-order valence-electron chi connectivity index (χ1n) is 10.6. The van der Waals surface area contributed by atoms with E-state index in [2.05, 4.69) is 55.1 Å². The van der Waals surface area contributed by atoms with Crippen molar-refractivity contribution < 1.29 is 4.74 Å². The van der Waals surface area contributed by atoms with E-state index in [1.165, 1.54) is 37.1 Å². The summed E-state index contributed by atoms with van der Waals surface area (Å²) in [6, 6.07) is 14.5. The molecule has 3 nitrogen and oxygen atoms in total. The standard InChI is InChI=1S/C24H32Cl2N2O/c1-4-5-13-28-14-12-22(18-6-8-20(9-7-18)27(2)3)19(16-28)17-29-21-10-11-23(25)24(26)15-21/h6-11,15,19,22H,4-5,12-14,16-17H2,1-3H3/t19-,22-/m0/s1. The van der Waals surface area contributed by atoms with Crippen LogP contribution in [0.1, 0.15) is 37.7 Å². The molecule has 0 radical (unpaired) electrons. The molecule has 1 saturated heterocycles. The highest BCUT2D eigenvalue weighted by Crippen LogP contribution is 2.35. The maximum absolute atomic E-state index is 6.17. The SMILES string of the molecule is CCCCN1CC[C@@H](c2ccc(N(C)C)cc2)[C@H](COc2ccc(Cl)c(Cl)c2)C1. The first-order valence-corrected chi connectivity index (χ1v) is 11.3. The van der Waals surface area contributed by atoms with E-state index >= 15 is 0 Å². The topological polar surface area (TPSA) is 15.7 Å². The molecule has 2 aromatic rings. The van der Waals surface area contributed by atoms with Gasteiger partial charge in [-0.3, -0.25) is 0 Å². The number of unbranched alkanes of at least 4 members (excludes halogenated alkanes) is 1. The molecule has 2 atom stereocenters. The first-order chi connectivity index (χ1) is 14.0. The first kappa shape index (κ1) is 22.3. The molecule has 5 heteroatoms. The minimum Gasteiger partial charge on any atom is -0.493 e. The van der Waals surface area contributed by atoms with Gasteiger partial charge in [0.15, 0.2) is 0 Å². The Labute approximate surface area is 185 Å². The Balaban J connectivity index is 1.73. The molecular formula is C24H32Cl2N2O. The van der Waals surface area contributed by atoms with Crippen LogP contribution in [0, 0.1) is 5.92 Å². The molecule has 158 valence electrons. The van der Waals surface area contributed by atoms with E-state index in [1.54, 1.807) is 6.07 Å². The summed E-state index contributed by atoms with van der Waals surface area (Å²) in [4.78, 5) is 4.74. The largest absolute Gasteiger partial charge is 0.493 e. The molecule has 0 unspecified atom stereocenters. The molecule has 1 aliphatic heterocycles. The summed E-state index contributed by atoms with van der Waals surface area (Å²) >= 11 is 12.2. The fourth-order valence-electron chi connectivity index (χ4n) is 4.09. The van der Waals surface area contributed by atoms with Crippen LogP contribution in [0.2, 0.25) is 10.0 Å². The molecule has 1 fully saturated rings. The Morgan fingerprint density at radius 2 is 1.83 bits per heavy atom. The number of halogens is 2. The Morgan fingerprint density at radius 1 is 1.07 bits per heavy atom. The van der Waals surface area contributed by atoms with Gasteiger partial charge in [0.25, 0.3) is 0 Å². The van der Waals surface area contributed by atoms with Crippen LogP contribution in [0.4, 0.5) is 5.69 Å². The van der Waals surface area contributed by atoms with Crippen LogP contribution in [0.5, 0.6) is 5.75 Å². The minimum absolute atomic E-state index is 0.445. The second-order valence-electron chi connectivity index (χ2n) is 8.18. The summed E-state index contributed by atoms with van der Waals surface area (Å²) < 4.78 is 6.17. The van der Waals surface area contributed by atoms with Crippen molar-refractivity contribution in [3.8, 4) is 5.75 Å². The normalized spacial score (nSPS) is 19.9. The van der Waals surface area contributed by atoms with E-state index in [4.69, 9.17) is 27.9 Å². The van der Waals surface area contributed by atoms with Crippen molar-refractivity contribution in [2.75, 3.05) is 45.2 Å². The maximum Gasteiger partial charge on any atom is 0.120 e. The van der Waals surface area contributed by atoms with Crippen molar-refractivity contribution >= 4 is 28.9 Å². The smallest absolute Gasteiger partial charge is 0.120 e. The van der Waals surface area contributed by atoms with E-state index in [0.717, 1.165) is 18.8 Å². The quantitative estimate of drug-likeness (QED) is 0.481. The summed E-state index contributed by atoms with van der Waals surface area (Å²) in [6.07, 6.45) is 3.65. The fraction of sp³-hybridized carbons (Fsp3) is 0.500. The summed E-state index contributed by atoms with van der Waals surface area (Å²) in [5.41, 5.74) is 2.64. The average molecular weight is 435 g/mol. The van der Waals surface area contributed by atoms with Crippen molar-refractivity contribution in [3.05, 3.63) is 58.1 Å². The molecule has 0 saturated carbocycles. The third-order valence-corrected chi connectivity index (χ3v) is 6.58. The maximum atomic E-state index is 6.17. The lowest BCUT2D eigenvalue weighted by molar-refractivity contribution is 0.110. The van der Waals surface area contributed by atoms with Gasteiger partial charge in [0.2, 0.25) is 0 Å². The highest BCUT2D eigenvalue weighted by Gasteiger charge is 2.30. The number of benzene rings is 2. The predicted molar refractivity (Wildman–Crippen MR) is 125 cm³/mol. The molecule has 1 heterocycles. The number of hydrogen-bond donors (Lipinski definition) is 0. The zero-order valence-electron chi connectivity index (χ0n) is 17.7. The lowest BCUT2D eigenvalue weighted by Crippen LogP contribution is -2.42. The van der Waals surface area contributed by atoms with Gasteiger partial charge in [0.1, 0.15) is 5.75 Å². The minimum atomic E-state index is 0.445. The molecule has 0 N–H and O–H groups in total. The van der Waals surface area contributed by atoms with Crippen molar-refractivity contribution in [2.24, 2.45) is 5.92 Å². The number of likely N-dealkylation sites (tertiary alicyclic amines) is 1. The zero-order valence-corrected chi connectivity index (χ0v) is 19.2. The summed E-state index contributed by atoms with van der Waals surface area (Å²) in [7, 11) is 4.16. The van der Waals surface area contributed by atoms with Crippen molar-refractivity contribution in [1.29, 1.82) is 0 Å². The molecule has 0 bridgehead atoms. The third kappa shape index (κ3) is 6.04. The van der Waals surface area contributed by atoms with Gasteiger partial charge in [-0.25, -0.2) is 0 Å². The molecular weight excluding hydrogens is 403 g/mol. The zero-order chi connectivity index (χ0) is 20.8. The van der Waals surface area contributed by atoms with E-state index in [1.807, 2.05) is 12.1 Å². The molecule has 0 aliphatic carbocycles. The van der Waals surface area contributed by atoms with Gasteiger partial charge in [-0.2, -0.15) is 0 Å². The number of piperidine rings is 1. The summed E-state index contributed by atoms with van der Waals surface area (Å²) in [5, 5.41) is 1.09. The molecule has 0 spiro atoms. The Morgan fingerprint density at radius 3 is 2.48 bits per heavy atom. The second-order valence-corrected chi connectivity index (χ2v) is 9.00. The van der Waals surface area contributed by atoms with Crippen LogP contribution in [-0.4, -0.2) is 45.2 Å². The van der Waals surface area contributed by atoms with E-state index < -0.39 is 0 Å². The number of hydrogen-bond acceptors (Lipinski definition) is 3. The van der Waals surface area contributed by atoms with E-state index in [-0.39, 0.29) is 0 Å². The Bertz CT molecular complexity index is 779. The van der Waals surface area contributed by atoms with E-state index in [0.29, 0.717) is 28.5 Å². The van der Waals surface area contributed by atoms with Gasteiger partial charge in [-0.1, -0.05) is 48.7 Å². The van der Waals surface area contributed by atoms with Crippen LogP contribution in [0.25, 0.3) is 0 Å². The van der Waals surface area contributed by atoms with Crippen molar-refractivity contribution in [2.45, 2.75) is 32.1 Å². The van der Waals surface area contributed by atoms with Gasteiger partial charge in [0.05, 0.1) is 16.7 Å². The van der Waals surface area contributed by atoms with Crippen molar-refractivity contribution in [1.82, 2.24) is 4.90 Å². The van der Waals surface area contributed by atoms with Crippen LogP contribution in [0.3, 0.4) is 0 Å². The van der Waals surface area contributed by atoms with Crippen LogP contribution >= 0.6 is 23.2 Å². The number of ether oxygens (including phenoxy) is 1. The van der Waals surface area contributed by atoms with Gasteiger partial charge < -0.3 is 14.5 Å². The summed E-state index contributed by atoms with van der Waals surface area (Å²) in [5.74, 6) is 1.74. The van der Waals surface area contributed by atoms with E-state index in [9.17, 15) is 0 Å². The number of anilines is 1. The van der Waals surface area contributed by atoms with Gasteiger partial charge in [-0.15, -0.1) is 0 Å². The molecule has 29 heavy (non-hydrogen) atoms. The molecule has 0 amide bonds. The highest BCUT2D eigenvalue weighted by molar-refractivity contribution is 6.42. The fourth-order valence-corrected chi connectivity index (χ4v) is 4.38. The van der Waals surface area contributed by atoms with Gasteiger partial charge >= 0.3 is 0 Å². The lowest BCUT2D eigenvalue weighted by atomic mass is 9.80. The van der Waals surface area contributed by atoms with Crippen LogP contribution < -0.4 is 9.64 Å². The summed E-state index contributed by atoms with van der Waals surface area (Å²) in [6.45, 7) is 6.33. The molecule has 1 aliphatic rings. The number of rotatable bonds is 8. The van der Waals surface area contributed by atoms with Crippen molar-refractivity contribution in [3.63, 3.8) is 0 Å². The monoisotopic (exact) mass is 434 g/mol. The second kappa shape index (κ2) is 10.6. The number of nitrogens with zero attached hydrogens (tertiary/aromatic N) is 2. The highest BCUT2D eigenvalue weighted by atomic mass is 35.5. The van der Waals surface area contributed by atoms with Gasteiger partial charge in [0, 0.05) is 38.3 Å². The van der Waals surface area contributed by atoms with Crippen LogP contribution in [0.15, 0.2) is 42.5 Å². The average Bonchev–Trinajstić information content (AvgIpc) is 2.73. The molecule has 2 aromatic carbocycles. The third-order valence-electron chi connectivity index (χ3n) is 5.84. The molecule has 3 rings (SSSR count). The lowest BCUT2D eigenvalue weighted by Gasteiger charge is -2.39. The Kier molecular flexibility index (Phi) is 8.11.